The summed E-state index contributed by atoms with van der Waals surface area (Å²) in [5, 5.41) is 11.0. The first-order chi connectivity index (χ1) is 9.99. The van der Waals surface area contributed by atoms with Crippen molar-refractivity contribution in [3.63, 3.8) is 0 Å². The maximum atomic E-state index is 11.5. The van der Waals surface area contributed by atoms with E-state index < -0.39 is 10.8 Å². The van der Waals surface area contributed by atoms with Crippen LogP contribution >= 0.6 is 0 Å². The molecule has 1 unspecified atom stereocenters. The van der Waals surface area contributed by atoms with Crippen LogP contribution < -0.4 is 10.5 Å². The summed E-state index contributed by atoms with van der Waals surface area (Å²) in [6.07, 6.45) is 2.91. The number of amides is 1. The number of carbonyl (C=O) groups excluding carboxylic acids is 2. The van der Waals surface area contributed by atoms with Crippen LogP contribution in [0.1, 0.15) is 36.0 Å². The van der Waals surface area contributed by atoms with Crippen LogP contribution in [0.5, 0.6) is 5.75 Å². The topological polar surface area (TPSA) is 113 Å². The number of nitro groups is 1. The molecule has 1 atom stereocenters. The Morgan fingerprint density at radius 1 is 1.48 bits per heavy atom. The Kier molecular flexibility index (Phi) is 4.52. The summed E-state index contributed by atoms with van der Waals surface area (Å²) in [4.78, 5) is 32.9. The van der Waals surface area contributed by atoms with Crippen LogP contribution in [0.3, 0.4) is 0 Å². The van der Waals surface area contributed by atoms with Crippen molar-refractivity contribution >= 4 is 17.4 Å². The minimum atomic E-state index is -0.735. The monoisotopic (exact) mass is 292 g/mol. The lowest BCUT2D eigenvalue weighted by molar-refractivity contribution is -0.385. The maximum Gasteiger partial charge on any atom is 0.311 e. The third-order valence-corrected chi connectivity index (χ3v) is 3.60. The third kappa shape index (κ3) is 3.56. The van der Waals surface area contributed by atoms with Gasteiger partial charge in [0.2, 0.25) is 5.91 Å². The second-order valence-corrected chi connectivity index (χ2v) is 5.00. The molecule has 1 amide bonds. The van der Waals surface area contributed by atoms with E-state index in [9.17, 15) is 19.7 Å². The molecule has 0 aliphatic heterocycles. The number of hydrogen-bond acceptors (Lipinski definition) is 5. The molecule has 0 aromatic heterocycles. The number of nitro benzene ring substituents is 1. The van der Waals surface area contributed by atoms with Gasteiger partial charge in [0, 0.05) is 24.0 Å². The number of benzene rings is 1. The molecular weight excluding hydrogens is 276 g/mol. The Morgan fingerprint density at radius 2 is 2.24 bits per heavy atom. The van der Waals surface area contributed by atoms with E-state index >= 15 is 0 Å². The van der Waals surface area contributed by atoms with Crippen molar-refractivity contribution < 1.29 is 19.2 Å². The molecule has 1 fully saturated rings. The van der Waals surface area contributed by atoms with E-state index in [4.69, 9.17) is 10.5 Å². The molecule has 1 saturated carbocycles. The van der Waals surface area contributed by atoms with Gasteiger partial charge in [0.25, 0.3) is 0 Å². The molecule has 0 saturated heterocycles. The van der Waals surface area contributed by atoms with Gasteiger partial charge in [-0.2, -0.15) is 0 Å². The molecule has 21 heavy (non-hydrogen) atoms. The first-order valence-corrected chi connectivity index (χ1v) is 6.73. The zero-order chi connectivity index (χ0) is 15.4. The molecule has 0 bridgehead atoms. The standard InChI is InChI=1S/C14H16N2O5/c15-14(18)10-4-5-13(11(8-10)16(19)20)21-7-6-9-2-1-3-12(9)17/h4-5,8-9H,1-3,6-7H2,(H2,15,18). The Hall–Kier alpha value is -2.44. The zero-order valence-electron chi connectivity index (χ0n) is 11.4. The number of rotatable bonds is 6. The number of nitrogens with two attached hydrogens (primary N) is 1. The maximum absolute atomic E-state index is 11.5. The van der Waals surface area contributed by atoms with Crippen LogP contribution in [0.2, 0.25) is 0 Å². The van der Waals surface area contributed by atoms with E-state index in [-0.39, 0.29) is 35.3 Å². The molecule has 1 aromatic rings. The number of carbonyl (C=O) groups is 2. The highest BCUT2D eigenvalue weighted by molar-refractivity contribution is 5.93. The number of ketones is 1. The van der Waals surface area contributed by atoms with Crippen molar-refractivity contribution in [1.82, 2.24) is 0 Å². The van der Waals surface area contributed by atoms with E-state index in [0.717, 1.165) is 18.9 Å². The molecule has 112 valence electrons. The average molecular weight is 292 g/mol. The number of Topliss-reactive ketones (excluding diaryl/α,β-unsaturated/α-hetero) is 1. The van der Waals surface area contributed by atoms with Crippen LogP contribution in [-0.4, -0.2) is 23.2 Å². The molecule has 0 heterocycles. The van der Waals surface area contributed by atoms with Crippen LogP contribution in [0.25, 0.3) is 0 Å². The first kappa shape index (κ1) is 15.0. The summed E-state index contributed by atoms with van der Waals surface area (Å²) < 4.78 is 5.40. The minimum absolute atomic E-state index is 0.00560. The summed E-state index contributed by atoms with van der Waals surface area (Å²) in [6, 6.07) is 3.83. The fourth-order valence-electron chi connectivity index (χ4n) is 2.44. The van der Waals surface area contributed by atoms with E-state index in [1.165, 1.54) is 12.1 Å². The lowest BCUT2D eigenvalue weighted by atomic mass is 10.0. The zero-order valence-corrected chi connectivity index (χ0v) is 11.4. The Morgan fingerprint density at radius 3 is 2.81 bits per heavy atom. The van der Waals surface area contributed by atoms with Gasteiger partial charge in [0.15, 0.2) is 5.75 Å². The van der Waals surface area contributed by atoms with Crippen LogP contribution in [0, 0.1) is 16.0 Å². The summed E-state index contributed by atoms with van der Waals surface area (Å²) >= 11 is 0. The van der Waals surface area contributed by atoms with E-state index in [1.807, 2.05) is 0 Å². The third-order valence-electron chi connectivity index (χ3n) is 3.60. The SMILES string of the molecule is NC(=O)c1ccc(OCCC2CCCC2=O)c([N+](=O)[O-])c1. The molecule has 1 aliphatic rings. The van der Waals surface area contributed by atoms with Gasteiger partial charge in [-0.3, -0.25) is 19.7 Å². The Bertz CT molecular complexity index is 585. The molecule has 7 heteroatoms. The Balaban J connectivity index is 2.03. The number of hydrogen-bond donors (Lipinski definition) is 1. The van der Waals surface area contributed by atoms with Crippen molar-refractivity contribution in [1.29, 1.82) is 0 Å². The molecule has 1 aromatic carbocycles. The summed E-state index contributed by atoms with van der Waals surface area (Å²) in [6.45, 7) is 0.229. The highest BCUT2D eigenvalue weighted by atomic mass is 16.6. The van der Waals surface area contributed by atoms with Gasteiger partial charge in [-0.1, -0.05) is 0 Å². The van der Waals surface area contributed by atoms with Crippen molar-refractivity contribution in [3.05, 3.63) is 33.9 Å². The lowest BCUT2D eigenvalue weighted by Gasteiger charge is -2.10. The largest absolute Gasteiger partial charge is 0.487 e. The van der Waals surface area contributed by atoms with Gasteiger partial charge in [-0.05, 0) is 31.4 Å². The summed E-state index contributed by atoms with van der Waals surface area (Å²) in [7, 11) is 0. The van der Waals surface area contributed by atoms with Crippen molar-refractivity contribution in [2.45, 2.75) is 25.7 Å². The second kappa shape index (κ2) is 6.34. The van der Waals surface area contributed by atoms with Crippen molar-refractivity contribution in [2.75, 3.05) is 6.61 Å². The molecule has 2 rings (SSSR count). The molecule has 2 N–H and O–H groups in total. The molecule has 7 nitrogen and oxygen atoms in total. The predicted octanol–water partition coefficient (Wildman–Crippen LogP) is 1.83. The van der Waals surface area contributed by atoms with Crippen LogP contribution in [0.4, 0.5) is 5.69 Å². The number of primary amides is 1. The number of ether oxygens (including phenoxy) is 1. The normalized spacial score (nSPS) is 17.7. The van der Waals surface area contributed by atoms with Gasteiger partial charge in [0.05, 0.1) is 11.5 Å². The van der Waals surface area contributed by atoms with E-state index in [2.05, 4.69) is 0 Å². The van der Waals surface area contributed by atoms with Gasteiger partial charge >= 0.3 is 5.69 Å². The van der Waals surface area contributed by atoms with E-state index in [1.54, 1.807) is 0 Å². The fourth-order valence-corrected chi connectivity index (χ4v) is 2.44. The van der Waals surface area contributed by atoms with Crippen molar-refractivity contribution in [3.8, 4) is 5.75 Å². The van der Waals surface area contributed by atoms with E-state index in [0.29, 0.717) is 12.8 Å². The minimum Gasteiger partial charge on any atom is -0.487 e. The highest BCUT2D eigenvalue weighted by Gasteiger charge is 2.24. The quantitative estimate of drug-likeness (QED) is 0.634. The van der Waals surface area contributed by atoms with Crippen LogP contribution in [0.15, 0.2) is 18.2 Å². The average Bonchev–Trinajstić information content (AvgIpc) is 2.84. The lowest BCUT2D eigenvalue weighted by Crippen LogP contribution is -2.13. The van der Waals surface area contributed by atoms with Gasteiger partial charge in [-0.15, -0.1) is 0 Å². The fraction of sp³-hybridized carbons (Fsp3) is 0.429. The van der Waals surface area contributed by atoms with Crippen LogP contribution in [-0.2, 0) is 4.79 Å². The summed E-state index contributed by atoms with van der Waals surface area (Å²) in [5.41, 5.74) is 4.84. The molecular formula is C14H16N2O5. The van der Waals surface area contributed by atoms with Gasteiger partial charge in [-0.25, -0.2) is 0 Å². The summed E-state index contributed by atoms with van der Waals surface area (Å²) in [5.74, 6) is -0.428. The number of nitrogens with zero attached hydrogens (tertiary/aromatic N) is 1. The Labute approximate surface area is 121 Å². The first-order valence-electron chi connectivity index (χ1n) is 6.73. The highest BCUT2D eigenvalue weighted by Crippen LogP contribution is 2.29. The van der Waals surface area contributed by atoms with Crippen molar-refractivity contribution in [2.24, 2.45) is 11.7 Å². The van der Waals surface area contributed by atoms with Gasteiger partial charge < -0.3 is 10.5 Å². The predicted molar refractivity (Wildman–Crippen MR) is 74.1 cm³/mol. The molecule has 1 aliphatic carbocycles. The molecule has 0 radical (unpaired) electrons. The smallest absolute Gasteiger partial charge is 0.311 e. The second-order valence-electron chi connectivity index (χ2n) is 5.00. The van der Waals surface area contributed by atoms with Gasteiger partial charge in [0.1, 0.15) is 5.78 Å². The molecule has 0 spiro atoms.